The summed E-state index contributed by atoms with van der Waals surface area (Å²) in [7, 11) is -1.05. The van der Waals surface area contributed by atoms with Crippen LogP contribution in [-0.2, 0) is 10.0 Å². The first-order valence-electron chi connectivity index (χ1n) is 8.66. The number of hydrogen-bond donors (Lipinski definition) is 3. The van der Waals surface area contributed by atoms with Crippen molar-refractivity contribution >= 4 is 44.2 Å². The molecule has 10 heteroatoms. The number of aromatic hydroxyl groups is 1. The quantitative estimate of drug-likeness (QED) is 0.531. The second-order valence-corrected chi connectivity index (χ2v) is 9.11. The van der Waals surface area contributed by atoms with E-state index in [1.165, 1.54) is 38.4 Å². The fourth-order valence-corrected chi connectivity index (χ4v) is 3.84. The Morgan fingerprint density at radius 2 is 1.47 bits per heavy atom. The van der Waals surface area contributed by atoms with E-state index in [4.69, 9.17) is 11.6 Å². The number of phenols is 1. The maximum Gasteiger partial charge on any atom is 0.273 e. The van der Waals surface area contributed by atoms with E-state index in [1.807, 2.05) is 0 Å². The summed E-state index contributed by atoms with van der Waals surface area (Å²) in [5.41, 5.74) is 4.20. The van der Waals surface area contributed by atoms with E-state index in [0.29, 0.717) is 0 Å². The Morgan fingerprint density at radius 3 is 2.07 bits per heavy atom. The van der Waals surface area contributed by atoms with Crippen molar-refractivity contribution < 1.29 is 23.1 Å². The summed E-state index contributed by atoms with van der Waals surface area (Å²) in [4.78, 5) is 24.8. The van der Waals surface area contributed by atoms with Gasteiger partial charge in [-0.15, -0.1) is 0 Å². The van der Waals surface area contributed by atoms with Gasteiger partial charge >= 0.3 is 0 Å². The summed E-state index contributed by atoms with van der Waals surface area (Å²) in [6.07, 6.45) is 0. The van der Waals surface area contributed by atoms with Crippen LogP contribution in [0.4, 0.5) is 0 Å². The van der Waals surface area contributed by atoms with Crippen LogP contribution in [0, 0.1) is 0 Å². The summed E-state index contributed by atoms with van der Waals surface area (Å²) in [6.45, 7) is 0. The second-order valence-electron chi connectivity index (χ2n) is 6.55. The van der Waals surface area contributed by atoms with Crippen molar-refractivity contribution in [2.24, 2.45) is 0 Å². The molecule has 0 saturated carbocycles. The molecule has 0 spiro atoms. The van der Waals surface area contributed by atoms with Gasteiger partial charge in [0.25, 0.3) is 11.8 Å². The number of hydrogen-bond acceptors (Lipinski definition) is 5. The predicted molar refractivity (Wildman–Crippen MR) is 113 cm³/mol. The van der Waals surface area contributed by atoms with Gasteiger partial charge in [-0.1, -0.05) is 35.9 Å². The lowest BCUT2D eigenvalue weighted by atomic mass is 10.1. The molecular formula is C20H18ClN3O5S. The molecule has 30 heavy (non-hydrogen) atoms. The third-order valence-electron chi connectivity index (χ3n) is 4.36. The highest BCUT2D eigenvalue weighted by Gasteiger charge is 2.21. The van der Waals surface area contributed by atoms with Crippen molar-refractivity contribution in [3.05, 3.63) is 70.7 Å². The highest BCUT2D eigenvalue weighted by Crippen LogP contribution is 2.25. The lowest BCUT2D eigenvalue weighted by molar-refractivity contribution is 0.0845. The largest absolute Gasteiger partial charge is 0.507 e. The Morgan fingerprint density at radius 1 is 0.900 bits per heavy atom. The molecule has 0 aliphatic rings. The van der Waals surface area contributed by atoms with Crippen LogP contribution in [0.5, 0.6) is 5.75 Å². The molecule has 0 aliphatic heterocycles. The smallest absolute Gasteiger partial charge is 0.273 e. The van der Waals surface area contributed by atoms with Gasteiger partial charge in [0.1, 0.15) is 5.75 Å². The van der Waals surface area contributed by atoms with Crippen LogP contribution in [0.3, 0.4) is 0 Å². The van der Waals surface area contributed by atoms with Crippen molar-refractivity contribution in [2.45, 2.75) is 4.90 Å². The van der Waals surface area contributed by atoms with Crippen LogP contribution < -0.4 is 10.9 Å². The van der Waals surface area contributed by atoms with E-state index in [9.17, 15) is 23.1 Å². The molecule has 0 aliphatic carbocycles. The number of rotatable bonds is 4. The summed E-state index contributed by atoms with van der Waals surface area (Å²) in [5, 5.41) is 11.6. The molecule has 0 heterocycles. The Labute approximate surface area is 178 Å². The molecular weight excluding hydrogens is 430 g/mol. The number of carbonyl (C=O) groups is 2. The molecule has 3 aromatic rings. The van der Waals surface area contributed by atoms with Gasteiger partial charge in [0.05, 0.1) is 21.0 Å². The van der Waals surface area contributed by atoms with E-state index in [1.54, 1.807) is 24.3 Å². The summed E-state index contributed by atoms with van der Waals surface area (Å²) in [5.74, 6) is -1.82. The fourth-order valence-electron chi connectivity index (χ4n) is 2.71. The average molecular weight is 448 g/mol. The van der Waals surface area contributed by atoms with Gasteiger partial charge in [0, 0.05) is 14.1 Å². The van der Waals surface area contributed by atoms with Gasteiger partial charge in [-0.2, -0.15) is 0 Å². The second kappa shape index (κ2) is 8.31. The van der Waals surface area contributed by atoms with Crippen LogP contribution in [-0.4, -0.2) is 43.7 Å². The molecule has 3 aromatic carbocycles. The Kier molecular flexibility index (Phi) is 5.97. The summed E-state index contributed by atoms with van der Waals surface area (Å²) < 4.78 is 25.5. The maximum atomic E-state index is 12.5. The molecule has 3 N–H and O–H groups in total. The van der Waals surface area contributed by atoms with Gasteiger partial charge in [0.15, 0.2) is 0 Å². The minimum Gasteiger partial charge on any atom is -0.507 e. The molecule has 8 nitrogen and oxygen atoms in total. The van der Waals surface area contributed by atoms with Crippen LogP contribution in [0.1, 0.15) is 20.7 Å². The lowest BCUT2D eigenvalue weighted by Crippen LogP contribution is -2.41. The lowest BCUT2D eigenvalue weighted by Gasteiger charge is -2.14. The molecule has 0 atom stereocenters. The van der Waals surface area contributed by atoms with E-state index < -0.39 is 21.8 Å². The van der Waals surface area contributed by atoms with Crippen LogP contribution in [0.15, 0.2) is 59.5 Å². The summed E-state index contributed by atoms with van der Waals surface area (Å²) in [6, 6.07) is 13.8. The minimum absolute atomic E-state index is 0.00741. The van der Waals surface area contributed by atoms with Crippen molar-refractivity contribution in [1.29, 1.82) is 0 Å². The Balaban J connectivity index is 1.81. The van der Waals surface area contributed by atoms with E-state index in [2.05, 4.69) is 10.9 Å². The van der Waals surface area contributed by atoms with Crippen molar-refractivity contribution in [3.63, 3.8) is 0 Å². The molecule has 0 saturated heterocycles. The zero-order valence-corrected chi connectivity index (χ0v) is 17.6. The molecule has 0 fully saturated rings. The zero-order chi connectivity index (χ0) is 22.1. The van der Waals surface area contributed by atoms with Gasteiger partial charge in [-0.3, -0.25) is 20.4 Å². The van der Waals surface area contributed by atoms with Crippen molar-refractivity contribution in [2.75, 3.05) is 14.1 Å². The first-order chi connectivity index (χ1) is 14.1. The SMILES string of the molecule is CN(C)S(=O)(=O)c1ccc(Cl)c(C(=O)NNC(=O)c2cc3ccccc3cc2O)c1. The van der Waals surface area contributed by atoms with Gasteiger partial charge in [-0.25, -0.2) is 12.7 Å². The Hall–Kier alpha value is -3.14. The number of nitrogens with zero attached hydrogens (tertiary/aromatic N) is 1. The van der Waals surface area contributed by atoms with Gasteiger partial charge in [0.2, 0.25) is 10.0 Å². The van der Waals surface area contributed by atoms with E-state index in [0.717, 1.165) is 21.1 Å². The van der Waals surface area contributed by atoms with Crippen molar-refractivity contribution in [3.8, 4) is 5.75 Å². The molecule has 0 bridgehead atoms. The monoisotopic (exact) mass is 447 g/mol. The van der Waals surface area contributed by atoms with E-state index >= 15 is 0 Å². The van der Waals surface area contributed by atoms with Crippen LogP contribution >= 0.6 is 11.6 Å². The van der Waals surface area contributed by atoms with Crippen LogP contribution in [0.25, 0.3) is 10.8 Å². The number of carbonyl (C=O) groups excluding carboxylic acids is 2. The number of sulfonamides is 1. The fraction of sp³-hybridized carbons (Fsp3) is 0.100. The summed E-state index contributed by atoms with van der Waals surface area (Å²) >= 11 is 6.02. The first kappa shape index (κ1) is 21.6. The third kappa shape index (κ3) is 4.23. The molecule has 156 valence electrons. The first-order valence-corrected chi connectivity index (χ1v) is 10.5. The third-order valence-corrected chi connectivity index (χ3v) is 6.50. The molecule has 0 unspecified atom stereocenters. The number of amides is 2. The normalized spacial score (nSPS) is 11.5. The molecule has 2 amide bonds. The molecule has 0 aromatic heterocycles. The molecule has 3 rings (SSSR count). The maximum absolute atomic E-state index is 12.5. The predicted octanol–water partition coefficient (Wildman–Crippen LogP) is 2.52. The number of fused-ring (bicyclic) bond motifs is 1. The number of hydrazine groups is 1. The number of halogens is 1. The highest BCUT2D eigenvalue weighted by atomic mass is 35.5. The van der Waals surface area contributed by atoms with Gasteiger partial charge in [-0.05, 0) is 41.1 Å². The highest BCUT2D eigenvalue weighted by molar-refractivity contribution is 7.89. The Bertz CT molecular complexity index is 1260. The number of benzene rings is 3. The number of nitrogens with one attached hydrogen (secondary N) is 2. The average Bonchev–Trinajstić information content (AvgIpc) is 2.71. The zero-order valence-electron chi connectivity index (χ0n) is 16.0. The number of phenolic OH excluding ortho intramolecular Hbond substituents is 1. The van der Waals surface area contributed by atoms with E-state index in [-0.39, 0.29) is 26.8 Å². The van der Waals surface area contributed by atoms with Crippen LogP contribution in [0.2, 0.25) is 5.02 Å². The standard InChI is InChI=1S/C20H18ClN3O5S/c1-24(2)30(28,29)14-7-8-17(21)15(11-14)19(26)22-23-20(27)16-9-12-5-3-4-6-13(12)10-18(16)25/h3-11,25H,1-2H3,(H,22,26)(H,23,27). The van der Waals surface area contributed by atoms with Crippen molar-refractivity contribution in [1.82, 2.24) is 15.2 Å². The minimum atomic E-state index is -3.78. The van der Waals surface area contributed by atoms with Gasteiger partial charge < -0.3 is 5.11 Å². The topological polar surface area (TPSA) is 116 Å². The molecule has 0 radical (unpaired) electrons.